The number of hydrogen-bond acceptors (Lipinski definition) is 11. The Morgan fingerprint density at radius 3 is 1.35 bits per heavy atom. The summed E-state index contributed by atoms with van der Waals surface area (Å²) in [6, 6.07) is 29.7. The van der Waals surface area contributed by atoms with Gasteiger partial charge in [-0.05, 0) is 174 Å². The van der Waals surface area contributed by atoms with Gasteiger partial charge >= 0.3 is 8.25 Å². The first kappa shape index (κ1) is 49.9. The minimum atomic E-state index is -2.22. The van der Waals surface area contributed by atoms with Crippen molar-refractivity contribution >= 4 is 8.25 Å². The van der Waals surface area contributed by atoms with E-state index in [9.17, 15) is 13.3 Å². The van der Waals surface area contributed by atoms with E-state index in [0.29, 0.717) is 114 Å². The van der Waals surface area contributed by atoms with Crippen LogP contribution in [0.5, 0.6) is 23.0 Å². The summed E-state index contributed by atoms with van der Waals surface area (Å²) in [6.07, 6.45) is 7.17. The smallest absolute Gasteiger partial charge is 0.493 e. The van der Waals surface area contributed by atoms with Crippen LogP contribution in [-0.2, 0) is 39.5 Å². The van der Waals surface area contributed by atoms with E-state index in [1.165, 1.54) is 12.1 Å². The van der Waals surface area contributed by atoms with Gasteiger partial charge in [-0.15, -0.1) is 9.05 Å². The number of hydrogen-bond donors (Lipinski definition) is 2. The molecule has 0 amide bonds. The quantitative estimate of drug-likeness (QED) is 0.0331. The molecule has 0 unspecified atom stereocenters. The van der Waals surface area contributed by atoms with Gasteiger partial charge in [0.1, 0.15) is 36.2 Å². The van der Waals surface area contributed by atoms with Gasteiger partial charge < -0.3 is 38.4 Å². The maximum atomic E-state index is 14.4. The summed E-state index contributed by atoms with van der Waals surface area (Å²) in [5.41, 5.74) is 5.59. The number of nitrogens with one attached hydrogen (secondary N) is 2. The number of benzene rings is 4. The Kier molecular flexibility index (Phi) is 20.1. The Balaban J connectivity index is 0.831. The van der Waals surface area contributed by atoms with E-state index in [-0.39, 0.29) is 35.3 Å². The Bertz CT molecular complexity index is 2210. The van der Waals surface area contributed by atoms with Crippen LogP contribution in [0.4, 0.5) is 8.78 Å². The van der Waals surface area contributed by atoms with Crippen molar-refractivity contribution in [3.05, 3.63) is 143 Å². The lowest BCUT2D eigenvalue weighted by atomic mass is 10.1. The van der Waals surface area contributed by atoms with Crippen LogP contribution in [0.25, 0.3) is 22.6 Å². The lowest BCUT2D eigenvalue weighted by molar-refractivity contribution is 0.220. The van der Waals surface area contributed by atoms with Crippen LogP contribution in [0.3, 0.4) is 0 Å². The number of furan rings is 2. The summed E-state index contributed by atoms with van der Waals surface area (Å²) in [4.78, 5) is 0. The summed E-state index contributed by atoms with van der Waals surface area (Å²) in [5.74, 6) is 2.66. The van der Waals surface area contributed by atoms with Gasteiger partial charge in [0.2, 0.25) is 0 Å². The van der Waals surface area contributed by atoms with E-state index >= 15 is 0 Å². The molecule has 6 rings (SSSR count). The van der Waals surface area contributed by atoms with Crippen LogP contribution >= 0.6 is 8.25 Å². The first-order valence-corrected chi connectivity index (χ1v) is 23.8. The minimum Gasteiger partial charge on any atom is -0.493 e. The van der Waals surface area contributed by atoms with Gasteiger partial charge in [-0.1, -0.05) is 24.3 Å². The Labute approximate surface area is 388 Å². The molecule has 2 aromatic heterocycles. The summed E-state index contributed by atoms with van der Waals surface area (Å²) < 4.78 is 86.8. The van der Waals surface area contributed by atoms with Crippen LogP contribution in [0.2, 0.25) is 0 Å². The van der Waals surface area contributed by atoms with Gasteiger partial charge in [-0.25, -0.2) is 8.78 Å². The molecule has 0 aliphatic carbocycles. The molecule has 0 atom stereocenters. The molecule has 0 spiro atoms. The Hall–Kier alpha value is -5.56. The van der Waals surface area contributed by atoms with Crippen molar-refractivity contribution < 1.29 is 50.2 Å². The second kappa shape index (κ2) is 26.6. The van der Waals surface area contributed by atoms with Gasteiger partial charge in [0.25, 0.3) is 0 Å². The molecule has 0 saturated heterocycles. The third-order valence-electron chi connectivity index (χ3n) is 10.2. The summed E-state index contributed by atoms with van der Waals surface area (Å²) in [7, 11) is -2.22. The molecule has 0 radical (unpaired) electrons. The fourth-order valence-corrected chi connectivity index (χ4v) is 7.70. The lowest BCUT2D eigenvalue weighted by Crippen LogP contribution is -2.16. The van der Waals surface area contributed by atoms with Crippen molar-refractivity contribution in [3.8, 4) is 45.6 Å². The number of halogens is 2. The number of ether oxygens (including phenoxy) is 4. The van der Waals surface area contributed by atoms with E-state index in [1.807, 2.05) is 100 Å². The van der Waals surface area contributed by atoms with Crippen LogP contribution in [0.15, 0.2) is 118 Å². The average molecular weight is 928 g/mol. The third-order valence-corrected chi connectivity index (χ3v) is 10.9. The van der Waals surface area contributed by atoms with Crippen LogP contribution < -0.4 is 29.6 Å². The highest BCUT2D eigenvalue weighted by Gasteiger charge is 2.19. The molecule has 0 aliphatic rings. The first-order valence-electron chi connectivity index (χ1n) is 22.7. The van der Waals surface area contributed by atoms with Crippen LogP contribution in [0.1, 0.15) is 75.6 Å². The highest BCUT2D eigenvalue weighted by Crippen LogP contribution is 2.34. The molecule has 66 heavy (non-hydrogen) atoms. The van der Waals surface area contributed by atoms with E-state index < -0.39 is 8.25 Å². The van der Waals surface area contributed by atoms with Gasteiger partial charge in [-0.2, -0.15) is 0 Å². The molecule has 2 N–H and O–H groups in total. The maximum Gasteiger partial charge on any atom is 0.697 e. The minimum absolute atomic E-state index is 0.0915. The molecule has 352 valence electrons. The monoisotopic (exact) mass is 927 g/mol. The fraction of sp³-hybridized carbons (Fsp3) is 0.385. The predicted molar refractivity (Wildman–Crippen MR) is 252 cm³/mol. The normalized spacial score (nSPS) is 11.4. The topological polar surface area (TPSA) is 123 Å². The average Bonchev–Trinajstić information content (AvgIpc) is 4.05. The third kappa shape index (κ3) is 16.4. The van der Waals surface area contributed by atoms with Crippen LogP contribution in [0, 0.1) is 11.6 Å². The molecule has 0 bridgehead atoms. The molecule has 0 fully saturated rings. The molecule has 11 nitrogen and oxygen atoms in total. The van der Waals surface area contributed by atoms with Crippen molar-refractivity contribution in [1.29, 1.82) is 0 Å². The van der Waals surface area contributed by atoms with Crippen molar-refractivity contribution in [2.75, 3.05) is 39.5 Å². The second-order valence-electron chi connectivity index (χ2n) is 16.3. The number of rotatable bonds is 30. The zero-order valence-corrected chi connectivity index (χ0v) is 39.2. The SMILES string of the molecule is CC(C)Oc1ccc(CCCOc2ccc(CNCCCO[P+](=O)OCCCNCc3ccc(OCCCc4ccc(OC(C)C)c(F)c4)c(-c4ccco4)c3)cc2-c2ccco2)cc1F. The van der Waals surface area contributed by atoms with E-state index in [1.54, 1.807) is 24.7 Å². The summed E-state index contributed by atoms with van der Waals surface area (Å²) in [6.45, 7) is 11.6. The van der Waals surface area contributed by atoms with Gasteiger partial charge in [0.05, 0.1) is 49.1 Å². The molecule has 2 heterocycles. The highest BCUT2D eigenvalue weighted by molar-refractivity contribution is 7.33. The summed E-state index contributed by atoms with van der Waals surface area (Å²) in [5, 5.41) is 6.83. The van der Waals surface area contributed by atoms with Gasteiger partial charge in [0, 0.05) is 17.7 Å². The van der Waals surface area contributed by atoms with Crippen molar-refractivity contribution in [2.45, 2.75) is 91.5 Å². The second-order valence-corrected chi connectivity index (χ2v) is 17.3. The van der Waals surface area contributed by atoms with Crippen molar-refractivity contribution in [1.82, 2.24) is 10.6 Å². The molecule has 0 saturated carbocycles. The zero-order chi connectivity index (χ0) is 46.5. The van der Waals surface area contributed by atoms with Gasteiger partial charge in [-0.3, -0.25) is 0 Å². The first-order chi connectivity index (χ1) is 32.1. The van der Waals surface area contributed by atoms with E-state index in [2.05, 4.69) is 10.6 Å². The van der Waals surface area contributed by atoms with Crippen molar-refractivity contribution in [3.63, 3.8) is 0 Å². The molecule has 4 aromatic carbocycles. The van der Waals surface area contributed by atoms with Crippen LogP contribution in [-0.4, -0.2) is 51.7 Å². The van der Waals surface area contributed by atoms with E-state index in [4.69, 9.17) is 36.8 Å². The van der Waals surface area contributed by atoms with E-state index in [0.717, 1.165) is 33.4 Å². The lowest BCUT2D eigenvalue weighted by Gasteiger charge is -2.13. The Morgan fingerprint density at radius 1 is 0.530 bits per heavy atom. The number of aryl methyl sites for hydroxylation is 2. The molecule has 6 aromatic rings. The molecular weight excluding hydrogens is 866 g/mol. The maximum absolute atomic E-state index is 14.4. The largest absolute Gasteiger partial charge is 0.697 e. The zero-order valence-electron chi connectivity index (χ0n) is 38.3. The summed E-state index contributed by atoms with van der Waals surface area (Å²) >= 11 is 0. The predicted octanol–water partition coefficient (Wildman–Crippen LogP) is 12.4. The highest BCUT2D eigenvalue weighted by atomic mass is 31.1. The Morgan fingerprint density at radius 2 is 0.955 bits per heavy atom. The van der Waals surface area contributed by atoms with Gasteiger partial charge in [0.15, 0.2) is 23.1 Å². The fourth-order valence-electron chi connectivity index (χ4n) is 7.07. The molecular formula is C52H62F2N2O9P+. The molecule has 14 heteroatoms. The standard InChI is InChI=1S/C52H62F2N2O9P/c1-37(2)64-51-21-15-39(33-45(51)53)11-5-25-60-49-19-17-41(31-43(49)47-13-7-27-58-47)35-55-23-9-29-62-66(57)63-30-10-24-56-36-42-18-20-50(44(32-42)48-14-8-28-59-48)61-26-6-12-40-16-22-52(46(54)34-40)65-38(3)4/h7-8,13-22,27-28,31-34,37-38,55-56H,5-6,9-12,23-26,29-30,35-36H2,1-4H3/q+1. The molecule has 0 aliphatic heterocycles. The van der Waals surface area contributed by atoms with Crippen molar-refractivity contribution in [2.24, 2.45) is 0 Å².